The fourth-order valence-electron chi connectivity index (χ4n) is 6.67. The lowest BCUT2D eigenvalue weighted by molar-refractivity contribution is -0.210. The number of ether oxygens (including phenoxy) is 2. The summed E-state index contributed by atoms with van der Waals surface area (Å²) in [6, 6.07) is 11.1. The summed E-state index contributed by atoms with van der Waals surface area (Å²) in [5, 5.41) is 3.08. The smallest absolute Gasteiger partial charge is 0.355 e. The number of nitrogens with one attached hydrogen (secondary N) is 1. The van der Waals surface area contributed by atoms with Crippen molar-refractivity contribution < 1.29 is 40.6 Å². The van der Waals surface area contributed by atoms with Gasteiger partial charge in [-0.15, -0.1) is 0 Å². The van der Waals surface area contributed by atoms with Crippen LogP contribution in [0.1, 0.15) is 80.0 Å². The van der Waals surface area contributed by atoms with Crippen molar-refractivity contribution in [3.63, 3.8) is 0 Å². The first kappa shape index (κ1) is 30.8. The zero-order valence-corrected chi connectivity index (χ0v) is 23.5. The molecule has 5 nitrogen and oxygen atoms in total. The molecular weight excluding hydrogens is 562 g/mol. The number of rotatable bonds is 5. The first-order chi connectivity index (χ1) is 19.8. The van der Waals surface area contributed by atoms with Gasteiger partial charge in [0.15, 0.2) is 0 Å². The molecule has 1 unspecified atom stereocenters. The number of amides is 1. The monoisotopic (exact) mass is 598 g/mol. The van der Waals surface area contributed by atoms with Crippen LogP contribution in [0, 0.1) is 0 Å². The predicted octanol–water partition coefficient (Wildman–Crippen LogP) is 7.01. The molecule has 2 saturated heterocycles. The molecule has 0 radical (unpaired) electrons. The van der Waals surface area contributed by atoms with Gasteiger partial charge in [0.2, 0.25) is 5.91 Å². The summed E-state index contributed by atoms with van der Waals surface area (Å²) in [7, 11) is 0. The Morgan fingerprint density at radius 1 is 0.905 bits per heavy atom. The molecular formula is C31H36F6N2O3. The number of hydrogen-bond donors (Lipinski definition) is 1. The molecule has 230 valence electrons. The number of nitrogens with zero attached hydrogens (tertiary/aromatic N) is 1. The van der Waals surface area contributed by atoms with Crippen molar-refractivity contribution in [3.8, 4) is 0 Å². The summed E-state index contributed by atoms with van der Waals surface area (Å²) in [6.45, 7) is 4.20. The van der Waals surface area contributed by atoms with E-state index in [0.29, 0.717) is 44.4 Å². The molecule has 5 rings (SSSR count). The van der Waals surface area contributed by atoms with Gasteiger partial charge < -0.3 is 19.7 Å². The largest absolute Gasteiger partial charge is 0.416 e. The maximum absolute atomic E-state index is 13.6. The van der Waals surface area contributed by atoms with Crippen molar-refractivity contribution in [1.82, 2.24) is 10.2 Å². The highest BCUT2D eigenvalue weighted by atomic mass is 19.4. The lowest BCUT2D eigenvalue weighted by atomic mass is 9.73. The maximum atomic E-state index is 13.6. The second-order valence-electron chi connectivity index (χ2n) is 11.9. The zero-order chi connectivity index (χ0) is 30.2. The van der Waals surface area contributed by atoms with Crippen LogP contribution in [0.15, 0.2) is 48.5 Å². The van der Waals surface area contributed by atoms with Crippen LogP contribution in [0.5, 0.6) is 0 Å². The first-order valence-corrected chi connectivity index (χ1v) is 14.4. The molecule has 1 amide bonds. The first-order valence-electron chi connectivity index (χ1n) is 14.4. The second-order valence-corrected chi connectivity index (χ2v) is 11.9. The van der Waals surface area contributed by atoms with E-state index in [2.05, 4.69) is 10.2 Å². The lowest BCUT2D eigenvalue weighted by Gasteiger charge is -2.49. The molecule has 11 heteroatoms. The highest BCUT2D eigenvalue weighted by molar-refractivity contribution is 5.84. The van der Waals surface area contributed by atoms with Crippen LogP contribution in [-0.2, 0) is 32.2 Å². The third kappa shape index (κ3) is 6.63. The Bertz CT molecular complexity index is 1190. The van der Waals surface area contributed by atoms with Gasteiger partial charge in [0.25, 0.3) is 0 Å². The van der Waals surface area contributed by atoms with Crippen molar-refractivity contribution in [2.75, 3.05) is 26.5 Å². The molecule has 2 heterocycles. The minimum atomic E-state index is -4.99. The van der Waals surface area contributed by atoms with E-state index >= 15 is 0 Å². The maximum Gasteiger partial charge on any atom is 0.416 e. The zero-order valence-electron chi connectivity index (χ0n) is 23.5. The summed E-state index contributed by atoms with van der Waals surface area (Å²) in [6.07, 6.45) is -4.43. The number of alkyl halides is 6. The van der Waals surface area contributed by atoms with Gasteiger partial charge >= 0.3 is 12.4 Å². The number of carbonyl (C=O) groups is 1. The van der Waals surface area contributed by atoms with Gasteiger partial charge in [-0.05, 0) is 74.8 Å². The van der Waals surface area contributed by atoms with Crippen molar-refractivity contribution in [1.29, 1.82) is 0 Å². The van der Waals surface area contributed by atoms with Crippen molar-refractivity contribution in [3.05, 3.63) is 70.8 Å². The average molecular weight is 599 g/mol. The van der Waals surface area contributed by atoms with Crippen LogP contribution in [0.4, 0.5) is 26.3 Å². The predicted molar refractivity (Wildman–Crippen MR) is 143 cm³/mol. The molecule has 1 spiro atoms. The van der Waals surface area contributed by atoms with Gasteiger partial charge in [-0.1, -0.05) is 30.3 Å². The van der Waals surface area contributed by atoms with Crippen LogP contribution in [0.3, 0.4) is 0 Å². The Balaban J connectivity index is 1.32. The Kier molecular flexibility index (Phi) is 8.66. The van der Waals surface area contributed by atoms with E-state index in [1.54, 1.807) is 0 Å². The Labute approximate surface area is 241 Å². The van der Waals surface area contributed by atoms with Crippen molar-refractivity contribution in [2.45, 2.75) is 87.3 Å². The molecule has 1 saturated carbocycles. The van der Waals surface area contributed by atoms with E-state index in [0.717, 1.165) is 50.8 Å². The van der Waals surface area contributed by atoms with Crippen molar-refractivity contribution >= 4 is 5.91 Å². The summed E-state index contributed by atoms with van der Waals surface area (Å²) < 4.78 is 92.1. The summed E-state index contributed by atoms with van der Waals surface area (Å²) in [5.41, 5.74) is -3.21. The molecule has 2 aromatic carbocycles. The highest BCUT2D eigenvalue weighted by Crippen LogP contribution is 2.42. The van der Waals surface area contributed by atoms with Gasteiger partial charge in [-0.25, -0.2) is 0 Å². The lowest BCUT2D eigenvalue weighted by Crippen LogP contribution is -2.55. The van der Waals surface area contributed by atoms with Gasteiger partial charge in [0.05, 0.1) is 34.8 Å². The van der Waals surface area contributed by atoms with Crippen LogP contribution >= 0.6 is 0 Å². The molecule has 42 heavy (non-hydrogen) atoms. The minimum Gasteiger partial charge on any atom is -0.355 e. The average Bonchev–Trinajstić information content (AvgIpc) is 2.97. The van der Waals surface area contributed by atoms with Crippen LogP contribution < -0.4 is 5.32 Å². The fraction of sp³-hybridized carbons (Fsp3) is 0.581. The molecule has 3 aliphatic rings. The summed E-state index contributed by atoms with van der Waals surface area (Å²) in [4.78, 5) is 16.0. The fourth-order valence-corrected chi connectivity index (χ4v) is 6.67. The third-order valence-corrected chi connectivity index (χ3v) is 9.38. The van der Waals surface area contributed by atoms with E-state index in [1.165, 1.54) is 6.92 Å². The Morgan fingerprint density at radius 2 is 1.50 bits per heavy atom. The van der Waals surface area contributed by atoms with E-state index in [-0.39, 0.29) is 17.2 Å². The van der Waals surface area contributed by atoms with Gasteiger partial charge in [-0.2, -0.15) is 26.3 Å². The molecule has 1 N–H and O–H groups in total. The number of piperidine rings is 1. The van der Waals surface area contributed by atoms with Gasteiger partial charge in [0, 0.05) is 25.6 Å². The topological polar surface area (TPSA) is 50.8 Å². The van der Waals surface area contributed by atoms with E-state index in [1.807, 2.05) is 30.3 Å². The summed E-state index contributed by atoms with van der Waals surface area (Å²) >= 11 is 0. The Morgan fingerprint density at radius 3 is 2.02 bits per heavy atom. The van der Waals surface area contributed by atoms with Crippen LogP contribution in [0.2, 0.25) is 0 Å². The standard InChI is InChI=1S/C31H36F6N2O3/c1-21(22-17-24(30(32,33)34)19-25(18-22)31(35,36)37)27(40)38-29(23-5-3-2-4-6-23)9-7-26(8-10-29)39-14-11-28(12-15-39)13-16-41-20-42-28/h2-6,17-19,21,26H,7-16,20H2,1H3,(H,38,40). The van der Waals surface area contributed by atoms with E-state index < -0.39 is 40.8 Å². The molecule has 1 atom stereocenters. The molecule has 2 aromatic rings. The third-order valence-electron chi connectivity index (χ3n) is 9.38. The quantitative estimate of drug-likeness (QED) is 0.377. The van der Waals surface area contributed by atoms with Gasteiger partial charge in [-0.3, -0.25) is 4.79 Å². The highest BCUT2D eigenvalue weighted by Gasteiger charge is 2.44. The number of benzene rings is 2. The molecule has 1 aliphatic carbocycles. The van der Waals surface area contributed by atoms with Crippen LogP contribution in [-0.4, -0.2) is 48.9 Å². The SMILES string of the molecule is CC(C(=O)NC1(c2ccccc2)CCC(N2CCC3(CCOCO3)CC2)CC1)c1cc(C(F)(F)F)cc(C(F)(F)F)c1. The number of carbonyl (C=O) groups excluding carboxylic acids is 1. The Hall–Kier alpha value is -2.63. The van der Waals surface area contributed by atoms with E-state index in [9.17, 15) is 31.1 Å². The van der Waals surface area contributed by atoms with Crippen LogP contribution in [0.25, 0.3) is 0 Å². The van der Waals surface area contributed by atoms with Gasteiger partial charge in [0.1, 0.15) is 6.79 Å². The second kappa shape index (κ2) is 11.8. The molecule has 0 bridgehead atoms. The molecule has 0 aromatic heterocycles. The number of halogens is 6. The summed E-state index contributed by atoms with van der Waals surface area (Å²) in [5.74, 6) is -1.84. The molecule has 3 fully saturated rings. The van der Waals surface area contributed by atoms with E-state index in [4.69, 9.17) is 9.47 Å². The molecule has 2 aliphatic heterocycles. The number of hydrogen-bond acceptors (Lipinski definition) is 4. The minimum absolute atomic E-state index is 0.0808. The number of likely N-dealkylation sites (tertiary alicyclic amines) is 1. The normalized spacial score (nSPS) is 26.1. The van der Waals surface area contributed by atoms with Crippen molar-refractivity contribution in [2.24, 2.45) is 0 Å².